The molecular formula is C18H31NO2. The Balaban J connectivity index is 0.000000384. The summed E-state index contributed by atoms with van der Waals surface area (Å²) in [5.74, 6) is 0.644. The van der Waals surface area contributed by atoms with E-state index in [1.165, 1.54) is 5.56 Å². The third-order valence-corrected chi connectivity index (χ3v) is 3.41. The lowest BCUT2D eigenvalue weighted by atomic mass is 10.0. The molecule has 0 spiro atoms. The molecule has 1 N–H and O–H groups in total. The topological polar surface area (TPSA) is 41.8 Å². The van der Waals surface area contributed by atoms with Gasteiger partial charge in [-0.25, -0.2) is 0 Å². The zero-order valence-electron chi connectivity index (χ0n) is 14.0. The van der Waals surface area contributed by atoms with Gasteiger partial charge in [0.15, 0.2) is 0 Å². The van der Waals surface area contributed by atoms with Crippen LogP contribution < -0.4 is 0 Å². The molecule has 1 aromatic carbocycles. The number of nitrogens with zero attached hydrogens (tertiary/aromatic N) is 1. The van der Waals surface area contributed by atoms with Crippen molar-refractivity contribution in [2.75, 3.05) is 13.2 Å². The van der Waals surface area contributed by atoms with Gasteiger partial charge < -0.3 is 9.94 Å². The number of hydrogen-bond donors (Lipinski definition) is 1. The van der Waals surface area contributed by atoms with E-state index >= 15 is 0 Å². The molecule has 1 atom stereocenters. The highest BCUT2D eigenvalue weighted by atomic mass is 16.5. The van der Waals surface area contributed by atoms with Crippen LogP contribution in [0.15, 0.2) is 35.5 Å². The molecule has 0 aromatic heterocycles. The van der Waals surface area contributed by atoms with Crippen molar-refractivity contribution in [2.24, 2.45) is 11.1 Å². The summed E-state index contributed by atoms with van der Waals surface area (Å²) in [5, 5.41) is 11.7. The maximum atomic E-state index is 8.46. The second-order valence-electron chi connectivity index (χ2n) is 5.17. The maximum Gasteiger partial charge on any atom is 0.0570 e. The highest BCUT2D eigenvalue weighted by Crippen LogP contribution is 2.08. The number of hydrogen-bond acceptors (Lipinski definition) is 3. The summed E-state index contributed by atoms with van der Waals surface area (Å²) >= 11 is 0. The minimum atomic E-state index is 0.644. The van der Waals surface area contributed by atoms with Gasteiger partial charge in [-0.1, -0.05) is 62.7 Å². The van der Waals surface area contributed by atoms with Gasteiger partial charge in [-0.05, 0) is 37.7 Å². The molecule has 1 rings (SSSR count). The molecule has 120 valence electrons. The van der Waals surface area contributed by atoms with Crippen molar-refractivity contribution in [1.29, 1.82) is 0 Å². The zero-order valence-corrected chi connectivity index (χ0v) is 14.0. The van der Waals surface area contributed by atoms with Gasteiger partial charge in [0.05, 0.1) is 12.3 Å². The van der Waals surface area contributed by atoms with Crippen LogP contribution in [0.5, 0.6) is 0 Å². The summed E-state index contributed by atoms with van der Waals surface area (Å²) < 4.78 is 5.24. The molecule has 0 fully saturated rings. The first-order chi connectivity index (χ1) is 10.2. The van der Waals surface area contributed by atoms with Crippen LogP contribution in [-0.2, 0) is 11.2 Å². The standard InChI is InChI=1S/C10H14O.C8H17NO/c1-2-11-9-8-10-6-4-3-5-7-10;1-4-7(3)6-8(5-2)9-10/h3-7H,2,8-9H2,1H3;7,10H,4-6H2,1-3H3. The quantitative estimate of drug-likeness (QED) is 0.319. The summed E-state index contributed by atoms with van der Waals surface area (Å²) in [7, 11) is 0. The van der Waals surface area contributed by atoms with Crippen LogP contribution in [0, 0.1) is 5.92 Å². The second-order valence-corrected chi connectivity index (χ2v) is 5.17. The van der Waals surface area contributed by atoms with Gasteiger partial charge in [0, 0.05) is 6.61 Å². The molecule has 1 unspecified atom stereocenters. The molecule has 3 heteroatoms. The van der Waals surface area contributed by atoms with Gasteiger partial charge in [0.1, 0.15) is 0 Å². The normalized spacial score (nSPS) is 12.5. The van der Waals surface area contributed by atoms with E-state index in [1.54, 1.807) is 0 Å². The minimum Gasteiger partial charge on any atom is -0.411 e. The van der Waals surface area contributed by atoms with Crippen LogP contribution in [0.2, 0.25) is 0 Å². The van der Waals surface area contributed by atoms with Crippen LogP contribution in [0.4, 0.5) is 0 Å². The largest absolute Gasteiger partial charge is 0.411 e. The van der Waals surface area contributed by atoms with E-state index in [4.69, 9.17) is 9.94 Å². The zero-order chi connectivity index (χ0) is 15.9. The number of rotatable bonds is 8. The summed E-state index contributed by atoms with van der Waals surface area (Å²) in [6.45, 7) is 9.99. The molecule has 0 aliphatic rings. The molecule has 1 aromatic rings. The lowest BCUT2D eigenvalue weighted by molar-refractivity contribution is 0.151. The van der Waals surface area contributed by atoms with Crippen LogP contribution in [0.3, 0.4) is 0 Å². The van der Waals surface area contributed by atoms with Crippen LogP contribution >= 0.6 is 0 Å². The maximum absolute atomic E-state index is 8.46. The van der Waals surface area contributed by atoms with Gasteiger partial charge in [-0.15, -0.1) is 0 Å². The molecule has 0 saturated carbocycles. The molecule has 0 radical (unpaired) electrons. The van der Waals surface area contributed by atoms with Gasteiger partial charge >= 0.3 is 0 Å². The third kappa shape index (κ3) is 11.0. The molecule has 0 aliphatic carbocycles. The van der Waals surface area contributed by atoms with Crippen LogP contribution in [-0.4, -0.2) is 24.1 Å². The van der Waals surface area contributed by atoms with E-state index < -0.39 is 0 Å². The summed E-state index contributed by atoms with van der Waals surface area (Å²) in [4.78, 5) is 0. The van der Waals surface area contributed by atoms with E-state index in [9.17, 15) is 0 Å². The Morgan fingerprint density at radius 3 is 2.33 bits per heavy atom. The predicted molar refractivity (Wildman–Crippen MR) is 90.2 cm³/mol. The Kier molecular flexibility index (Phi) is 12.7. The Labute approximate surface area is 130 Å². The summed E-state index contributed by atoms with van der Waals surface area (Å²) in [5.41, 5.74) is 2.26. The lowest BCUT2D eigenvalue weighted by Crippen LogP contribution is -2.03. The Bertz CT molecular complexity index is 363. The van der Waals surface area contributed by atoms with Crippen LogP contribution in [0.25, 0.3) is 0 Å². The van der Waals surface area contributed by atoms with Crippen molar-refractivity contribution in [3.63, 3.8) is 0 Å². The number of ether oxygens (including phenoxy) is 1. The molecule has 0 bridgehead atoms. The van der Waals surface area contributed by atoms with Gasteiger partial charge in [-0.3, -0.25) is 0 Å². The Morgan fingerprint density at radius 1 is 1.19 bits per heavy atom. The highest BCUT2D eigenvalue weighted by Gasteiger charge is 2.02. The molecule has 3 nitrogen and oxygen atoms in total. The van der Waals surface area contributed by atoms with Gasteiger partial charge in [0.25, 0.3) is 0 Å². The molecule has 0 heterocycles. The van der Waals surface area contributed by atoms with E-state index in [2.05, 4.69) is 43.3 Å². The monoisotopic (exact) mass is 293 g/mol. The fraction of sp³-hybridized carbons (Fsp3) is 0.611. The second kappa shape index (κ2) is 13.6. The molecule has 21 heavy (non-hydrogen) atoms. The highest BCUT2D eigenvalue weighted by molar-refractivity contribution is 5.83. The molecular weight excluding hydrogens is 262 g/mol. The first-order valence-electron chi connectivity index (χ1n) is 7.99. The fourth-order valence-electron chi connectivity index (χ4n) is 1.78. The van der Waals surface area contributed by atoms with E-state index in [1.807, 2.05) is 19.9 Å². The van der Waals surface area contributed by atoms with Crippen molar-refractivity contribution in [3.8, 4) is 0 Å². The molecule has 0 amide bonds. The number of benzene rings is 1. The van der Waals surface area contributed by atoms with Crippen LogP contribution in [0.1, 0.15) is 52.5 Å². The SMILES string of the molecule is CCC(CC(C)CC)=NO.CCOCCc1ccccc1. The smallest absolute Gasteiger partial charge is 0.0570 e. The van der Waals surface area contributed by atoms with Crippen molar-refractivity contribution < 1.29 is 9.94 Å². The average molecular weight is 293 g/mol. The van der Waals surface area contributed by atoms with Crippen molar-refractivity contribution >= 4 is 5.71 Å². The van der Waals surface area contributed by atoms with E-state index in [0.29, 0.717) is 5.92 Å². The number of oxime groups is 1. The summed E-state index contributed by atoms with van der Waals surface area (Å²) in [6, 6.07) is 10.4. The minimum absolute atomic E-state index is 0.644. The summed E-state index contributed by atoms with van der Waals surface area (Å²) in [6.07, 6.45) is 3.97. The first-order valence-corrected chi connectivity index (χ1v) is 7.99. The average Bonchev–Trinajstić information content (AvgIpc) is 2.54. The van der Waals surface area contributed by atoms with E-state index in [-0.39, 0.29) is 0 Å². The Morgan fingerprint density at radius 2 is 1.86 bits per heavy atom. The van der Waals surface area contributed by atoms with Crippen molar-refractivity contribution in [2.45, 2.75) is 53.4 Å². The lowest BCUT2D eigenvalue weighted by Gasteiger charge is -2.06. The van der Waals surface area contributed by atoms with Gasteiger partial charge in [0.2, 0.25) is 0 Å². The third-order valence-electron chi connectivity index (χ3n) is 3.41. The van der Waals surface area contributed by atoms with Crippen molar-refractivity contribution in [1.82, 2.24) is 0 Å². The van der Waals surface area contributed by atoms with E-state index in [0.717, 1.165) is 44.6 Å². The van der Waals surface area contributed by atoms with Gasteiger partial charge in [-0.2, -0.15) is 0 Å². The first kappa shape index (κ1) is 19.7. The predicted octanol–water partition coefficient (Wildman–Crippen LogP) is 4.93. The fourth-order valence-corrected chi connectivity index (χ4v) is 1.78. The molecule has 0 aliphatic heterocycles. The van der Waals surface area contributed by atoms with Crippen molar-refractivity contribution in [3.05, 3.63) is 35.9 Å². The molecule has 0 saturated heterocycles. The Hall–Kier alpha value is -1.35.